The lowest BCUT2D eigenvalue weighted by atomic mass is 9.86. The van der Waals surface area contributed by atoms with Gasteiger partial charge >= 0.3 is 0 Å². The molecule has 1 aromatic rings. The molecule has 21 heavy (non-hydrogen) atoms. The second kappa shape index (κ2) is 6.93. The van der Waals surface area contributed by atoms with Crippen LogP contribution in [-0.2, 0) is 13.1 Å². The van der Waals surface area contributed by atoms with Crippen molar-refractivity contribution in [3.63, 3.8) is 0 Å². The van der Waals surface area contributed by atoms with Gasteiger partial charge in [-0.05, 0) is 61.7 Å². The fraction of sp³-hybridized carbons (Fsp3) is 0.684. The first kappa shape index (κ1) is 15.1. The molecule has 0 bridgehead atoms. The number of hydrogen-bond donors (Lipinski definition) is 1. The molecule has 1 aromatic carbocycles. The average molecular weight is 286 g/mol. The highest BCUT2D eigenvalue weighted by Gasteiger charge is 2.22. The maximum atomic E-state index is 3.61. The molecule has 1 saturated carbocycles. The molecule has 0 spiro atoms. The predicted octanol–water partition coefficient (Wildman–Crippen LogP) is 3.81. The summed E-state index contributed by atoms with van der Waals surface area (Å²) in [7, 11) is 0. The Bertz CT molecular complexity index is 443. The molecule has 1 heterocycles. The third-order valence-corrected chi connectivity index (χ3v) is 5.14. The molecule has 116 valence electrons. The highest BCUT2D eigenvalue weighted by atomic mass is 15.1. The van der Waals surface area contributed by atoms with Gasteiger partial charge in [0.2, 0.25) is 0 Å². The second-order valence-electron chi connectivity index (χ2n) is 7.33. The molecule has 0 amide bonds. The van der Waals surface area contributed by atoms with E-state index < -0.39 is 0 Å². The van der Waals surface area contributed by atoms with Crippen molar-refractivity contribution in [2.75, 3.05) is 13.1 Å². The summed E-state index contributed by atoms with van der Waals surface area (Å²) in [5, 5.41) is 3.61. The topological polar surface area (TPSA) is 15.3 Å². The summed E-state index contributed by atoms with van der Waals surface area (Å²) in [4.78, 5) is 2.63. The maximum absolute atomic E-state index is 3.61. The van der Waals surface area contributed by atoms with Gasteiger partial charge in [0.25, 0.3) is 0 Å². The summed E-state index contributed by atoms with van der Waals surface area (Å²) in [6.45, 7) is 9.45. The summed E-state index contributed by atoms with van der Waals surface area (Å²) in [5.74, 6) is 1.79. The van der Waals surface area contributed by atoms with E-state index in [1.165, 1.54) is 49.9 Å². The van der Waals surface area contributed by atoms with Crippen LogP contribution in [0.5, 0.6) is 0 Å². The first-order valence-corrected chi connectivity index (χ1v) is 8.74. The van der Waals surface area contributed by atoms with Crippen molar-refractivity contribution in [1.29, 1.82) is 0 Å². The Balaban J connectivity index is 1.49. The van der Waals surface area contributed by atoms with Crippen LogP contribution in [0.4, 0.5) is 0 Å². The third-order valence-electron chi connectivity index (χ3n) is 5.14. The van der Waals surface area contributed by atoms with E-state index in [1.54, 1.807) is 0 Å². The molecular formula is C19H30N2. The van der Waals surface area contributed by atoms with Gasteiger partial charge in [-0.3, -0.25) is 4.90 Å². The van der Waals surface area contributed by atoms with E-state index in [4.69, 9.17) is 0 Å². The molecule has 0 unspecified atom stereocenters. The van der Waals surface area contributed by atoms with Crippen LogP contribution in [0.2, 0.25) is 0 Å². The fourth-order valence-corrected chi connectivity index (χ4v) is 3.42. The Hall–Kier alpha value is -0.860. The number of hydrogen-bond acceptors (Lipinski definition) is 2. The lowest BCUT2D eigenvalue weighted by Crippen LogP contribution is -2.34. The van der Waals surface area contributed by atoms with E-state index in [0.717, 1.165) is 31.0 Å². The Morgan fingerprint density at radius 1 is 1.10 bits per heavy atom. The van der Waals surface area contributed by atoms with E-state index in [9.17, 15) is 0 Å². The van der Waals surface area contributed by atoms with Crippen molar-refractivity contribution in [3.05, 3.63) is 35.4 Å². The molecule has 2 nitrogen and oxygen atoms in total. The van der Waals surface area contributed by atoms with Crippen LogP contribution >= 0.6 is 0 Å². The average Bonchev–Trinajstić information content (AvgIpc) is 3.30. The second-order valence-corrected chi connectivity index (χ2v) is 7.33. The third kappa shape index (κ3) is 4.55. The molecular weight excluding hydrogens is 256 g/mol. The van der Waals surface area contributed by atoms with E-state index in [0.29, 0.717) is 0 Å². The highest BCUT2D eigenvalue weighted by molar-refractivity contribution is 5.23. The van der Waals surface area contributed by atoms with Crippen LogP contribution in [0.1, 0.15) is 50.7 Å². The lowest BCUT2D eigenvalue weighted by Gasteiger charge is -2.33. The Morgan fingerprint density at radius 2 is 1.81 bits per heavy atom. The number of nitrogens with one attached hydrogen (secondary N) is 1. The normalized spacial score (nSPS) is 21.1. The fourth-order valence-electron chi connectivity index (χ4n) is 3.42. The highest BCUT2D eigenvalue weighted by Crippen LogP contribution is 2.25. The molecule has 2 heteroatoms. The van der Waals surface area contributed by atoms with Crippen LogP contribution in [0, 0.1) is 11.8 Å². The Morgan fingerprint density at radius 3 is 2.48 bits per heavy atom. The van der Waals surface area contributed by atoms with Gasteiger partial charge in [-0.2, -0.15) is 0 Å². The van der Waals surface area contributed by atoms with Crippen LogP contribution in [0.3, 0.4) is 0 Å². The lowest BCUT2D eigenvalue weighted by molar-refractivity contribution is 0.152. The van der Waals surface area contributed by atoms with Gasteiger partial charge < -0.3 is 5.32 Å². The van der Waals surface area contributed by atoms with Crippen molar-refractivity contribution in [2.45, 2.75) is 58.7 Å². The van der Waals surface area contributed by atoms with Gasteiger partial charge in [0.15, 0.2) is 0 Å². The van der Waals surface area contributed by atoms with Crippen LogP contribution in [0.15, 0.2) is 24.3 Å². The van der Waals surface area contributed by atoms with Crippen LogP contribution < -0.4 is 5.32 Å². The molecule has 1 N–H and O–H groups in total. The number of nitrogens with zero attached hydrogens (tertiary/aromatic N) is 1. The van der Waals surface area contributed by atoms with E-state index in [-0.39, 0.29) is 0 Å². The van der Waals surface area contributed by atoms with Crippen molar-refractivity contribution in [2.24, 2.45) is 11.8 Å². The molecule has 3 rings (SSSR count). The van der Waals surface area contributed by atoms with E-state index >= 15 is 0 Å². The minimum Gasteiger partial charge on any atom is -0.310 e. The van der Waals surface area contributed by atoms with Crippen molar-refractivity contribution < 1.29 is 0 Å². The molecule has 2 aliphatic rings. The van der Waals surface area contributed by atoms with Crippen molar-refractivity contribution in [1.82, 2.24) is 10.2 Å². The minimum atomic E-state index is 0.795. The molecule has 0 atom stereocenters. The number of piperidine rings is 1. The maximum Gasteiger partial charge on any atom is 0.0233 e. The van der Waals surface area contributed by atoms with Gasteiger partial charge in [0.05, 0.1) is 0 Å². The number of likely N-dealkylation sites (tertiary alicyclic amines) is 1. The predicted molar refractivity (Wildman–Crippen MR) is 89.1 cm³/mol. The van der Waals surface area contributed by atoms with Crippen molar-refractivity contribution in [3.8, 4) is 0 Å². The zero-order chi connectivity index (χ0) is 14.7. The van der Waals surface area contributed by atoms with Gasteiger partial charge in [-0.1, -0.05) is 38.1 Å². The molecule has 0 radical (unpaired) electrons. The number of benzene rings is 1. The molecule has 1 aliphatic heterocycles. The van der Waals surface area contributed by atoms with Gasteiger partial charge in [-0.15, -0.1) is 0 Å². The van der Waals surface area contributed by atoms with Gasteiger partial charge in [-0.25, -0.2) is 0 Å². The smallest absolute Gasteiger partial charge is 0.0233 e. The van der Waals surface area contributed by atoms with Crippen LogP contribution in [0.25, 0.3) is 0 Å². The molecule has 1 saturated heterocycles. The van der Waals surface area contributed by atoms with E-state index in [1.807, 2.05) is 0 Å². The summed E-state index contributed by atoms with van der Waals surface area (Å²) in [6, 6.07) is 9.95. The number of rotatable bonds is 6. The Kier molecular flexibility index (Phi) is 4.97. The summed E-state index contributed by atoms with van der Waals surface area (Å²) in [6.07, 6.45) is 5.48. The molecule has 0 aromatic heterocycles. The van der Waals surface area contributed by atoms with Crippen LogP contribution in [-0.4, -0.2) is 24.0 Å². The monoisotopic (exact) mass is 286 g/mol. The first-order chi connectivity index (χ1) is 10.2. The summed E-state index contributed by atoms with van der Waals surface area (Å²) in [5.41, 5.74) is 2.92. The zero-order valence-electron chi connectivity index (χ0n) is 13.6. The molecule has 2 fully saturated rings. The zero-order valence-corrected chi connectivity index (χ0v) is 13.6. The van der Waals surface area contributed by atoms with Gasteiger partial charge in [0.1, 0.15) is 0 Å². The standard InChI is InChI=1S/C19H30N2/c1-15(2)18-8-10-21(11-9-18)14-17-5-3-4-16(12-17)13-20-19-6-7-19/h3-5,12,15,18-20H,6-11,13-14H2,1-2H3. The molecule has 1 aliphatic carbocycles. The minimum absolute atomic E-state index is 0.795. The van der Waals surface area contributed by atoms with Gasteiger partial charge in [0, 0.05) is 19.1 Å². The summed E-state index contributed by atoms with van der Waals surface area (Å²) < 4.78 is 0. The van der Waals surface area contributed by atoms with E-state index in [2.05, 4.69) is 48.3 Å². The quantitative estimate of drug-likeness (QED) is 0.855. The Labute approximate surface area is 129 Å². The largest absolute Gasteiger partial charge is 0.310 e. The summed E-state index contributed by atoms with van der Waals surface area (Å²) >= 11 is 0. The SMILES string of the molecule is CC(C)C1CCN(Cc2cccc(CNC3CC3)c2)CC1. The van der Waals surface area contributed by atoms with Crippen molar-refractivity contribution >= 4 is 0 Å². The first-order valence-electron chi connectivity index (χ1n) is 8.74.